The SMILES string of the molecule is COC(=O)CC1COc2c(N)cccc2C1. The van der Waals surface area contributed by atoms with Crippen molar-refractivity contribution < 1.29 is 14.3 Å². The van der Waals surface area contributed by atoms with Crippen molar-refractivity contribution in [3.05, 3.63) is 23.8 Å². The van der Waals surface area contributed by atoms with Crippen LogP contribution >= 0.6 is 0 Å². The van der Waals surface area contributed by atoms with Crippen LogP contribution in [0.25, 0.3) is 0 Å². The summed E-state index contributed by atoms with van der Waals surface area (Å²) in [6.07, 6.45) is 1.21. The monoisotopic (exact) mass is 221 g/mol. The summed E-state index contributed by atoms with van der Waals surface area (Å²) in [6.45, 7) is 0.524. The van der Waals surface area contributed by atoms with Gasteiger partial charge in [-0.2, -0.15) is 0 Å². The van der Waals surface area contributed by atoms with Crippen molar-refractivity contribution in [2.24, 2.45) is 5.92 Å². The van der Waals surface area contributed by atoms with Gasteiger partial charge in [-0.15, -0.1) is 0 Å². The number of methoxy groups -OCH3 is 1. The molecule has 0 saturated carbocycles. The molecular formula is C12H15NO3. The van der Waals surface area contributed by atoms with Gasteiger partial charge in [-0.25, -0.2) is 0 Å². The van der Waals surface area contributed by atoms with Gasteiger partial charge in [0.2, 0.25) is 0 Å². The quantitative estimate of drug-likeness (QED) is 0.605. The summed E-state index contributed by atoms with van der Waals surface area (Å²) in [5.74, 6) is 0.756. The van der Waals surface area contributed by atoms with E-state index in [2.05, 4.69) is 4.74 Å². The Bertz CT molecular complexity index is 403. The fourth-order valence-corrected chi connectivity index (χ4v) is 1.96. The van der Waals surface area contributed by atoms with Gasteiger partial charge in [0.25, 0.3) is 0 Å². The highest BCUT2D eigenvalue weighted by Gasteiger charge is 2.23. The summed E-state index contributed by atoms with van der Waals surface area (Å²) in [4.78, 5) is 11.2. The van der Waals surface area contributed by atoms with Gasteiger partial charge >= 0.3 is 5.97 Å². The number of esters is 1. The zero-order valence-electron chi connectivity index (χ0n) is 9.23. The van der Waals surface area contributed by atoms with Crippen molar-refractivity contribution in [3.63, 3.8) is 0 Å². The van der Waals surface area contributed by atoms with Gasteiger partial charge in [-0.3, -0.25) is 4.79 Å². The van der Waals surface area contributed by atoms with E-state index < -0.39 is 0 Å². The molecule has 0 spiro atoms. The molecule has 0 fully saturated rings. The number of carbonyl (C=O) groups excluding carboxylic acids is 1. The van der Waals surface area contributed by atoms with E-state index in [0.717, 1.165) is 17.7 Å². The predicted octanol–water partition coefficient (Wildman–Crippen LogP) is 1.38. The predicted molar refractivity (Wildman–Crippen MR) is 60.2 cm³/mol. The second-order valence-electron chi connectivity index (χ2n) is 4.00. The number of fused-ring (bicyclic) bond motifs is 1. The van der Waals surface area contributed by atoms with E-state index in [4.69, 9.17) is 10.5 Å². The molecule has 1 aromatic rings. The van der Waals surface area contributed by atoms with Crippen LogP contribution in [0.4, 0.5) is 5.69 Å². The molecule has 1 aliphatic rings. The van der Waals surface area contributed by atoms with Crippen LogP contribution < -0.4 is 10.5 Å². The third kappa shape index (κ3) is 2.10. The maximum absolute atomic E-state index is 11.2. The van der Waals surface area contributed by atoms with E-state index in [-0.39, 0.29) is 11.9 Å². The third-order valence-corrected chi connectivity index (χ3v) is 2.78. The Kier molecular flexibility index (Phi) is 2.99. The number of hydrogen-bond donors (Lipinski definition) is 1. The lowest BCUT2D eigenvalue weighted by Crippen LogP contribution is -2.24. The Balaban J connectivity index is 2.09. The van der Waals surface area contributed by atoms with Crippen molar-refractivity contribution in [3.8, 4) is 5.75 Å². The molecule has 1 heterocycles. The minimum Gasteiger partial charge on any atom is -0.491 e. The average Bonchev–Trinajstić information content (AvgIpc) is 2.29. The molecule has 0 aliphatic carbocycles. The molecule has 4 heteroatoms. The van der Waals surface area contributed by atoms with Crippen LogP contribution in [0.3, 0.4) is 0 Å². The van der Waals surface area contributed by atoms with Gasteiger partial charge in [-0.05, 0) is 18.1 Å². The molecule has 0 bridgehead atoms. The first-order valence-corrected chi connectivity index (χ1v) is 5.27. The molecule has 1 atom stereocenters. The van der Waals surface area contributed by atoms with Crippen molar-refractivity contribution in [2.75, 3.05) is 19.5 Å². The van der Waals surface area contributed by atoms with Crippen LogP contribution in [0.15, 0.2) is 18.2 Å². The minimum absolute atomic E-state index is 0.182. The molecule has 1 aliphatic heterocycles. The molecule has 1 aromatic carbocycles. The number of nitrogen functional groups attached to an aromatic ring is 1. The molecule has 0 radical (unpaired) electrons. The molecule has 4 nitrogen and oxygen atoms in total. The highest BCUT2D eigenvalue weighted by atomic mass is 16.5. The van der Waals surface area contributed by atoms with E-state index in [1.165, 1.54) is 7.11 Å². The Morgan fingerprint density at radius 1 is 1.62 bits per heavy atom. The zero-order chi connectivity index (χ0) is 11.5. The second kappa shape index (κ2) is 4.43. The molecule has 0 aromatic heterocycles. The van der Waals surface area contributed by atoms with Gasteiger partial charge in [0.05, 0.1) is 25.8 Å². The van der Waals surface area contributed by atoms with Crippen LogP contribution in [-0.4, -0.2) is 19.7 Å². The number of hydrogen-bond acceptors (Lipinski definition) is 4. The highest BCUT2D eigenvalue weighted by Crippen LogP contribution is 2.33. The van der Waals surface area contributed by atoms with Crippen LogP contribution in [0.2, 0.25) is 0 Å². The number of para-hydroxylation sites is 1. The average molecular weight is 221 g/mol. The first-order chi connectivity index (χ1) is 7.70. The van der Waals surface area contributed by atoms with E-state index in [1.54, 1.807) is 0 Å². The number of carbonyl (C=O) groups is 1. The molecule has 0 amide bonds. The van der Waals surface area contributed by atoms with Crippen LogP contribution in [0, 0.1) is 5.92 Å². The minimum atomic E-state index is -0.194. The first kappa shape index (κ1) is 10.8. The van der Waals surface area contributed by atoms with E-state index in [9.17, 15) is 4.79 Å². The van der Waals surface area contributed by atoms with E-state index in [1.807, 2.05) is 18.2 Å². The van der Waals surface area contributed by atoms with Crippen LogP contribution in [-0.2, 0) is 16.0 Å². The van der Waals surface area contributed by atoms with Crippen molar-refractivity contribution in [2.45, 2.75) is 12.8 Å². The fourth-order valence-electron chi connectivity index (χ4n) is 1.96. The molecule has 0 saturated heterocycles. The highest BCUT2D eigenvalue weighted by molar-refractivity contribution is 5.69. The lowest BCUT2D eigenvalue weighted by atomic mass is 9.93. The summed E-state index contributed by atoms with van der Waals surface area (Å²) < 4.78 is 10.2. The maximum Gasteiger partial charge on any atom is 0.305 e. The molecule has 86 valence electrons. The van der Waals surface area contributed by atoms with Gasteiger partial charge in [0.1, 0.15) is 5.75 Å². The van der Waals surface area contributed by atoms with Gasteiger partial charge in [-0.1, -0.05) is 12.1 Å². The Hall–Kier alpha value is -1.71. The number of benzene rings is 1. The lowest BCUT2D eigenvalue weighted by Gasteiger charge is -2.25. The summed E-state index contributed by atoms with van der Waals surface area (Å²) in [7, 11) is 1.40. The standard InChI is InChI=1S/C12H15NO3/c1-15-11(14)6-8-5-9-3-2-4-10(13)12(9)16-7-8/h2-4,8H,5-7,13H2,1H3. The summed E-state index contributed by atoms with van der Waals surface area (Å²) in [5.41, 5.74) is 7.53. The summed E-state index contributed by atoms with van der Waals surface area (Å²) in [6, 6.07) is 5.70. The molecular weight excluding hydrogens is 206 g/mol. The van der Waals surface area contributed by atoms with Crippen molar-refractivity contribution >= 4 is 11.7 Å². The Morgan fingerprint density at radius 3 is 3.19 bits per heavy atom. The molecule has 16 heavy (non-hydrogen) atoms. The number of ether oxygens (including phenoxy) is 2. The summed E-state index contributed by atoms with van der Waals surface area (Å²) in [5, 5.41) is 0. The Morgan fingerprint density at radius 2 is 2.44 bits per heavy atom. The second-order valence-corrected chi connectivity index (χ2v) is 4.00. The Labute approximate surface area is 94.3 Å². The largest absolute Gasteiger partial charge is 0.491 e. The van der Waals surface area contributed by atoms with E-state index >= 15 is 0 Å². The smallest absolute Gasteiger partial charge is 0.305 e. The first-order valence-electron chi connectivity index (χ1n) is 5.27. The van der Waals surface area contributed by atoms with Gasteiger partial charge < -0.3 is 15.2 Å². The maximum atomic E-state index is 11.2. The fraction of sp³-hybridized carbons (Fsp3) is 0.417. The van der Waals surface area contributed by atoms with Gasteiger partial charge in [0.15, 0.2) is 0 Å². The van der Waals surface area contributed by atoms with E-state index in [0.29, 0.717) is 18.7 Å². The lowest BCUT2D eigenvalue weighted by molar-refractivity contribution is -0.142. The number of rotatable bonds is 2. The van der Waals surface area contributed by atoms with Crippen LogP contribution in [0.5, 0.6) is 5.75 Å². The summed E-state index contributed by atoms with van der Waals surface area (Å²) >= 11 is 0. The topological polar surface area (TPSA) is 61.5 Å². The number of nitrogens with two attached hydrogens (primary N) is 1. The normalized spacial score (nSPS) is 18.4. The zero-order valence-corrected chi connectivity index (χ0v) is 9.23. The number of anilines is 1. The molecule has 1 unspecified atom stereocenters. The van der Waals surface area contributed by atoms with Crippen molar-refractivity contribution in [1.82, 2.24) is 0 Å². The molecule has 2 rings (SSSR count). The van der Waals surface area contributed by atoms with Crippen LogP contribution in [0.1, 0.15) is 12.0 Å². The van der Waals surface area contributed by atoms with Crippen molar-refractivity contribution in [1.29, 1.82) is 0 Å². The third-order valence-electron chi connectivity index (χ3n) is 2.78. The van der Waals surface area contributed by atoms with Gasteiger partial charge in [0, 0.05) is 5.92 Å². The molecule has 2 N–H and O–H groups in total.